The second kappa shape index (κ2) is 12.9. The van der Waals surface area contributed by atoms with Gasteiger partial charge in [-0.25, -0.2) is 10.4 Å². The molecule has 1 heterocycles. The van der Waals surface area contributed by atoms with Gasteiger partial charge in [-0.2, -0.15) is 0 Å². The zero-order chi connectivity index (χ0) is 27.8. The number of nitrogens with one attached hydrogen (secondary N) is 2. The van der Waals surface area contributed by atoms with E-state index >= 15 is 0 Å². The van der Waals surface area contributed by atoms with E-state index in [1.54, 1.807) is 32.9 Å². The van der Waals surface area contributed by atoms with Crippen LogP contribution in [0.4, 0.5) is 0 Å². The van der Waals surface area contributed by atoms with Gasteiger partial charge in [-0.15, -0.1) is 0 Å². The van der Waals surface area contributed by atoms with E-state index in [1.807, 2.05) is 56.3 Å². The van der Waals surface area contributed by atoms with Crippen molar-refractivity contribution in [1.82, 2.24) is 10.9 Å². The van der Waals surface area contributed by atoms with Crippen LogP contribution in [-0.2, 0) is 19.1 Å². The molecule has 0 unspecified atom stereocenters. The van der Waals surface area contributed by atoms with Crippen LogP contribution in [-0.4, -0.2) is 53.3 Å². The lowest BCUT2D eigenvalue weighted by atomic mass is 9.83. The minimum absolute atomic E-state index is 0.0128. The van der Waals surface area contributed by atoms with Crippen LogP contribution in [0.2, 0.25) is 0 Å². The van der Waals surface area contributed by atoms with E-state index in [0.29, 0.717) is 30.2 Å². The summed E-state index contributed by atoms with van der Waals surface area (Å²) in [5.74, 6) is 0.129. The molecule has 9 heteroatoms. The number of carbonyl (C=O) groups excluding carboxylic acids is 2. The van der Waals surface area contributed by atoms with E-state index in [4.69, 9.17) is 24.3 Å². The third-order valence-electron chi connectivity index (χ3n) is 5.74. The fraction of sp³-hybridized carbons (Fsp3) is 0.483. The normalized spacial score (nSPS) is 19.0. The molecular formula is C29H39N3O6. The van der Waals surface area contributed by atoms with Gasteiger partial charge in [0.05, 0.1) is 6.61 Å². The van der Waals surface area contributed by atoms with Crippen LogP contribution in [0.1, 0.15) is 71.1 Å². The second-order valence-electron chi connectivity index (χ2n) is 10.5. The van der Waals surface area contributed by atoms with Crippen LogP contribution in [0.25, 0.3) is 0 Å². The number of ether oxygens (including phenoxy) is 3. The summed E-state index contributed by atoms with van der Waals surface area (Å²) in [6, 6.07) is 16.6. The van der Waals surface area contributed by atoms with Crippen molar-refractivity contribution in [2.45, 2.75) is 77.2 Å². The van der Waals surface area contributed by atoms with Crippen molar-refractivity contribution >= 4 is 17.8 Å². The number of esters is 1. The van der Waals surface area contributed by atoms with Gasteiger partial charge in [-0.1, -0.05) is 30.3 Å². The molecule has 1 aliphatic heterocycles. The van der Waals surface area contributed by atoms with E-state index in [1.165, 1.54) is 0 Å². The van der Waals surface area contributed by atoms with E-state index in [0.717, 1.165) is 5.56 Å². The lowest BCUT2D eigenvalue weighted by Crippen LogP contribution is -2.54. The summed E-state index contributed by atoms with van der Waals surface area (Å²) < 4.78 is 17.5. The fourth-order valence-corrected chi connectivity index (χ4v) is 4.00. The van der Waals surface area contributed by atoms with Gasteiger partial charge < -0.3 is 19.3 Å². The highest BCUT2D eigenvalue weighted by Crippen LogP contribution is 2.43. The number of hydrogen-bond donors (Lipinski definition) is 3. The number of rotatable bonds is 12. The van der Waals surface area contributed by atoms with Gasteiger partial charge in [0.15, 0.2) is 11.6 Å². The molecule has 0 bridgehead atoms. The maximum Gasteiger partial charge on any atom is 0.306 e. The molecule has 0 aromatic heterocycles. The smallest absolute Gasteiger partial charge is 0.306 e. The van der Waals surface area contributed by atoms with Crippen LogP contribution in [0.15, 0.2) is 59.6 Å². The van der Waals surface area contributed by atoms with Crippen LogP contribution in [0.5, 0.6) is 5.75 Å². The lowest BCUT2D eigenvalue weighted by molar-refractivity contribution is -0.155. The molecule has 0 spiro atoms. The average molecular weight is 526 g/mol. The fourth-order valence-electron chi connectivity index (χ4n) is 4.00. The number of aliphatic hydroxyl groups excluding tert-OH is 1. The Balaban J connectivity index is 1.99. The van der Waals surface area contributed by atoms with Crippen molar-refractivity contribution < 1.29 is 28.9 Å². The van der Waals surface area contributed by atoms with E-state index in [9.17, 15) is 9.59 Å². The molecule has 9 nitrogen and oxygen atoms in total. The molecule has 1 amide bonds. The molecule has 0 radical (unpaired) electrons. The summed E-state index contributed by atoms with van der Waals surface area (Å²) in [7, 11) is 0. The highest BCUT2D eigenvalue weighted by molar-refractivity contribution is 6.01. The van der Waals surface area contributed by atoms with Crippen molar-refractivity contribution in [3.63, 3.8) is 0 Å². The van der Waals surface area contributed by atoms with Crippen molar-refractivity contribution in [3.8, 4) is 5.75 Å². The van der Waals surface area contributed by atoms with Gasteiger partial charge in [0.25, 0.3) is 5.91 Å². The summed E-state index contributed by atoms with van der Waals surface area (Å²) >= 11 is 0. The Morgan fingerprint density at radius 2 is 1.79 bits per heavy atom. The predicted octanol–water partition coefficient (Wildman–Crippen LogP) is 3.86. The largest absolute Gasteiger partial charge is 0.494 e. The Hall–Kier alpha value is -3.43. The first-order valence-electron chi connectivity index (χ1n) is 13.0. The Kier molecular flexibility index (Phi) is 9.88. The quantitative estimate of drug-likeness (QED) is 0.219. The molecule has 3 N–H and O–H groups in total. The molecule has 0 saturated heterocycles. The molecule has 38 heavy (non-hydrogen) atoms. The highest BCUT2D eigenvalue weighted by atomic mass is 16.6. The standard InChI is InChI=1S/C29H39N3O6/c1-20(2)31-32-27(35)29(17-16-24(34)38-28(3,4)5)25(21-10-7-6-8-11-21)37-26(30-29)22-12-14-23(15-13-22)36-19-9-18-33/h6-8,10-15,20,25,31,33H,9,16-19H2,1-5H3,(H,32,35)/t25-,29-/m0/s1. The van der Waals surface area contributed by atoms with Crippen molar-refractivity contribution in [2.24, 2.45) is 4.99 Å². The third kappa shape index (κ3) is 7.79. The molecule has 2 aromatic rings. The van der Waals surface area contributed by atoms with Crippen molar-refractivity contribution in [3.05, 3.63) is 65.7 Å². The van der Waals surface area contributed by atoms with Gasteiger partial charge in [0.1, 0.15) is 11.4 Å². The summed E-state index contributed by atoms with van der Waals surface area (Å²) in [5, 5.41) is 8.97. The lowest BCUT2D eigenvalue weighted by Gasteiger charge is -2.31. The van der Waals surface area contributed by atoms with Crippen LogP contribution >= 0.6 is 0 Å². The minimum Gasteiger partial charge on any atom is -0.494 e. The number of carbonyl (C=O) groups is 2. The predicted molar refractivity (Wildman–Crippen MR) is 145 cm³/mol. The van der Waals surface area contributed by atoms with Crippen LogP contribution in [0, 0.1) is 0 Å². The third-order valence-corrected chi connectivity index (χ3v) is 5.74. The molecule has 0 fully saturated rings. The Morgan fingerprint density at radius 3 is 2.39 bits per heavy atom. The summed E-state index contributed by atoms with van der Waals surface area (Å²) in [6.07, 6.45) is -0.168. The molecular weight excluding hydrogens is 486 g/mol. The highest BCUT2D eigenvalue weighted by Gasteiger charge is 2.53. The molecule has 206 valence electrons. The monoisotopic (exact) mass is 525 g/mol. The molecule has 0 aliphatic carbocycles. The number of amides is 1. The van der Waals surface area contributed by atoms with Crippen molar-refractivity contribution in [2.75, 3.05) is 13.2 Å². The molecule has 1 aliphatic rings. The van der Waals surface area contributed by atoms with Gasteiger partial charge in [-0.05, 0) is 70.9 Å². The van der Waals surface area contributed by atoms with Gasteiger partial charge in [-0.3, -0.25) is 15.0 Å². The molecule has 3 rings (SSSR count). The summed E-state index contributed by atoms with van der Waals surface area (Å²) in [6.45, 7) is 9.69. The van der Waals surface area contributed by atoms with E-state index in [2.05, 4.69) is 10.9 Å². The van der Waals surface area contributed by atoms with Gasteiger partial charge in [0.2, 0.25) is 5.90 Å². The number of hydrogen-bond acceptors (Lipinski definition) is 8. The maximum absolute atomic E-state index is 13.8. The number of aliphatic imine (C=N–C) groups is 1. The number of aliphatic hydroxyl groups is 1. The second-order valence-corrected chi connectivity index (χ2v) is 10.5. The summed E-state index contributed by atoms with van der Waals surface area (Å²) in [4.78, 5) is 31.3. The Morgan fingerprint density at radius 1 is 1.11 bits per heavy atom. The Bertz CT molecular complexity index is 1100. The molecule has 2 aromatic carbocycles. The zero-order valence-electron chi connectivity index (χ0n) is 22.8. The van der Waals surface area contributed by atoms with Gasteiger partial charge in [0, 0.05) is 31.1 Å². The van der Waals surface area contributed by atoms with Gasteiger partial charge >= 0.3 is 5.97 Å². The minimum atomic E-state index is -1.42. The van der Waals surface area contributed by atoms with Crippen LogP contribution in [0.3, 0.4) is 0 Å². The summed E-state index contributed by atoms with van der Waals surface area (Å²) in [5.41, 5.74) is 5.10. The van der Waals surface area contributed by atoms with Crippen molar-refractivity contribution in [1.29, 1.82) is 0 Å². The molecule has 2 atom stereocenters. The topological polar surface area (TPSA) is 118 Å². The zero-order valence-corrected chi connectivity index (χ0v) is 22.8. The number of hydrazine groups is 1. The maximum atomic E-state index is 13.8. The number of nitrogens with zero attached hydrogens (tertiary/aromatic N) is 1. The SMILES string of the molecule is CC(C)NNC(=O)[C@@]1(CCC(=O)OC(C)(C)C)N=C(c2ccc(OCCCO)cc2)O[C@H]1c1ccccc1. The first-order chi connectivity index (χ1) is 18.0. The first kappa shape index (κ1) is 29.1. The Labute approximate surface area is 224 Å². The molecule has 0 saturated carbocycles. The van der Waals surface area contributed by atoms with E-state index < -0.39 is 29.1 Å². The number of benzene rings is 2. The van der Waals surface area contributed by atoms with E-state index in [-0.39, 0.29) is 25.5 Å². The average Bonchev–Trinajstić information content (AvgIpc) is 3.27. The van der Waals surface area contributed by atoms with Crippen LogP contribution < -0.4 is 15.6 Å². The first-order valence-corrected chi connectivity index (χ1v) is 13.0.